The van der Waals surface area contributed by atoms with E-state index in [1.807, 2.05) is 38.1 Å². The summed E-state index contributed by atoms with van der Waals surface area (Å²) in [7, 11) is 0. The summed E-state index contributed by atoms with van der Waals surface area (Å²) in [5.41, 5.74) is 11.7. The third kappa shape index (κ3) is 5.46. The van der Waals surface area contributed by atoms with E-state index >= 15 is 0 Å². The van der Waals surface area contributed by atoms with Gasteiger partial charge in [-0.3, -0.25) is 25.0 Å². The van der Waals surface area contributed by atoms with Crippen molar-refractivity contribution >= 4 is 51.1 Å². The summed E-state index contributed by atoms with van der Waals surface area (Å²) in [4.78, 5) is 42.1. The predicted octanol–water partition coefficient (Wildman–Crippen LogP) is 5.93. The highest BCUT2D eigenvalue weighted by Crippen LogP contribution is 2.33. The maximum absolute atomic E-state index is 12.2. The second-order valence-electron chi connectivity index (χ2n) is 9.67. The molecule has 0 aliphatic rings. The highest BCUT2D eigenvalue weighted by molar-refractivity contribution is 7.17. The van der Waals surface area contributed by atoms with Crippen molar-refractivity contribution in [2.75, 3.05) is 11.1 Å². The number of ketones is 1. The molecule has 4 aromatic heterocycles. The molecule has 0 unspecified atom stereocenters. The molecular weight excluding hydrogens is 510 g/mol. The third-order valence-electron chi connectivity index (χ3n) is 6.12. The van der Waals surface area contributed by atoms with Crippen LogP contribution in [-0.2, 0) is 4.79 Å². The molecular formula is C29H27N7O2S. The summed E-state index contributed by atoms with van der Waals surface area (Å²) >= 11 is 1.38. The maximum atomic E-state index is 12.2. The molecule has 9 nitrogen and oxygen atoms in total. The van der Waals surface area contributed by atoms with Gasteiger partial charge < -0.3 is 16.0 Å². The number of carbonyl (C=O) groups excluding carboxylic acids is 2. The molecule has 39 heavy (non-hydrogen) atoms. The number of nitrogens with two attached hydrogens (primary N) is 1. The van der Waals surface area contributed by atoms with Crippen molar-refractivity contribution in [1.82, 2.24) is 19.9 Å². The molecule has 196 valence electrons. The first-order chi connectivity index (χ1) is 18.7. The molecule has 0 spiro atoms. The van der Waals surface area contributed by atoms with Crippen LogP contribution in [0.25, 0.3) is 32.6 Å². The predicted molar refractivity (Wildman–Crippen MR) is 155 cm³/mol. The van der Waals surface area contributed by atoms with Crippen LogP contribution >= 0.6 is 11.3 Å². The van der Waals surface area contributed by atoms with Crippen molar-refractivity contribution in [2.24, 2.45) is 5.92 Å². The number of benzene rings is 1. The Balaban J connectivity index is 1.47. The molecule has 5 N–H and O–H groups in total. The van der Waals surface area contributed by atoms with Gasteiger partial charge in [0.2, 0.25) is 5.91 Å². The number of amides is 1. The van der Waals surface area contributed by atoms with Gasteiger partial charge in [-0.25, -0.2) is 4.98 Å². The number of hydrogen-bond acceptors (Lipinski definition) is 8. The Morgan fingerprint density at radius 3 is 2.59 bits per heavy atom. The number of hydrogen-bond donors (Lipinski definition) is 4. The van der Waals surface area contributed by atoms with Crippen LogP contribution in [-0.4, -0.2) is 37.3 Å². The largest absolute Gasteiger partial charge is 0.398 e. The number of rotatable bonds is 8. The van der Waals surface area contributed by atoms with Gasteiger partial charge in [0.05, 0.1) is 28.5 Å². The summed E-state index contributed by atoms with van der Waals surface area (Å²) in [6.45, 7) is 5.52. The number of Topliss-reactive ketones (excluding diaryl/α,β-unsaturated/α-hetero) is 1. The number of imidazole rings is 1. The van der Waals surface area contributed by atoms with Crippen molar-refractivity contribution < 1.29 is 9.59 Å². The molecule has 0 bridgehead atoms. The van der Waals surface area contributed by atoms with Gasteiger partial charge in [0, 0.05) is 46.1 Å². The van der Waals surface area contributed by atoms with Crippen LogP contribution in [0.2, 0.25) is 0 Å². The fourth-order valence-corrected chi connectivity index (χ4v) is 5.14. The van der Waals surface area contributed by atoms with Crippen LogP contribution in [0.1, 0.15) is 48.3 Å². The number of aromatic nitrogens is 4. The van der Waals surface area contributed by atoms with Crippen LogP contribution < -0.4 is 11.1 Å². The fourth-order valence-electron chi connectivity index (χ4n) is 4.23. The number of aromatic amines is 1. The van der Waals surface area contributed by atoms with Gasteiger partial charge in [-0.1, -0.05) is 19.9 Å². The zero-order valence-electron chi connectivity index (χ0n) is 21.7. The SMILES string of the molecule is CC(=O)c1ccc(-c2cncc3[nH]c(C(=N)c4cc(-c5cncc(NC(=O)CC(C)C)c5)ccc4N)nc23)s1. The van der Waals surface area contributed by atoms with Crippen molar-refractivity contribution in [3.63, 3.8) is 0 Å². The smallest absolute Gasteiger partial charge is 0.224 e. The Kier molecular flexibility index (Phi) is 7.03. The number of pyridine rings is 2. The quantitative estimate of drug-likeness (QED) is 0.109. The summed E-state index contributed by atoms with van der Waals surface area (Å²) in [6, 6.07) is 10.9. The van der Waals surface area contributed by atoms with Gasteiger partial charge in [-0.05, 0) is 48.7 Å². The van der Waals surface area contributed by atoms with Gasteiger partial charge in [0.1, 0.15) is 11.2 Å². The standard InChI is InChI=1S/C29H27N7O2S/c1-15(2)8-26(38)34-19-9-18(11-32-12-19)17-4-5-22(30)20(10-17)27(31)29-35-23-14-33-13-21(28(23)36-29)25-7-6-24(39-25)16(3)37/h4-7,9-15,31H,8,30H2,1-3H3,(H,34,38)(H,35,36). The van der Waals surface area contributed by atoms with E-state index < -0.39 is 0 Å². The van der Waals surface area contributed by atoms with Crippen LogP contribution in [0, 0.1) is 11.3 Å². The Labute approximate surface area is 229 Å². The van der Waals surface area contributed by atoms with Crippen LogP contribution in [0.15, 0.2) is 61.2 Å². The monoisotopic (exact) mass is 537 g/mol. The topological polar surface area (TPSA) is 150 Å². The van der Waals surface area contributed by atoms with E-state index in [1.54, 1.807) is 36.9 Å². The molecule has 5 rings (SSSR count). The van der Waals surface area contributed by atoms with E-state index in [1.165, 1.54) is 18.3 Å². The van der Waals surface area contributed by atoms with E-state index in [2.05, 4.69) is 20.3 Å². The van der Waals surface area contributed by atoms with Gasteiger partial charge in [-0.2, -0.15) is 0 Å². The fraction of sp³-hybridized carbons (Fsp3) is 0.172. The molecule has 10 heteroatoms. The molecule has 0 aliphatic heterocycles. The number of nitrogens with one attached hydrogen (secondary N) is 3. The second kappa shape index (κ2) is 10.6. The molecule has 4 heterocycles. The van der Waals surface area contributed by atoms with Crippen molar-refractivity contribution in [1.29, 1.82) is 5.41 Å². The lowest BCUT2D eigenvalue weighted by Crippen LogP contribution is -2.14. The average Bonchev–Trinajstić information content (AvgIpc) is 3.56. The van der Waals surface area contributed by atoms with Gasteiger partial charge in [-0.15, -0.1) is 11.3 Å². The minimum absolute atomic E-state index is 0.00455. The van der Waals surface area contributed by atoms with E-state index in [0.717, 1.165) is 21.6 Å². The number of H-pyrrole nitrogens is 1. The van der Waals surface area contributed by atoms with Gasteiger partial charge in [0.15, 0.2) is 11.6 Å². The first kappa shape index (κ1) is 25.9. The highest BCUT2D eigenvalue weighted by atomic mass is 32.1. The Morgan fingerprint density at radius 1 is 1.05 bits per heavy atom. The third-order valence-corrected chi connectivity index (χ3v) is 7.34. The summed E-state index contributed by atoms with van der Waals surface area (Å²) in [6.07, 6.45) is 7.10. The lowest BCUT2D eigenvalue weighted by atomic mass is 10.00. The Morgan fingerprint density at radius 2 is 1.85 bits per heavy atom. The van der Waals surface area contributed by atoms with E-state index in [9.17, 15) is 9.59 Å². The van der Waals surface area contributed by atoms with E-state index in [0.29, 0.717) is 45.1 Å². The highest BCUT2D eigenvalue weighted by Gasteiger charge is 2.18. The molecule has 0 atom stereocenters. The molecule has 5 aromatic rings. The Hall–Kier alpha value is -4.70. The second-order valence-corrected chi connectivity index (χ2v) is 10.8. The van der Waals surface area contributed by atoms with Crippen LogP contribution in [0.3, 0.4) is 0 Å². The lowest BCUT2D eigenvalue weighted by Gasteiger charge is -2.11. The number of anilines is 2. The molecule has 1 aromatic carbocycles. The number of nitrogen functional groups attached to an aromatic ring is 1. The molecule has 0 aliphatic carbocycles. The molecule has 0 saturated heterocycles. The summed E-state index contributed by atoms with van der Waals surface area (Å²) in [5, 5.41) is 11.8. The average molecular weight is 538 g/mol. The molecule has 0 fully saturated rings. The minimum Gasteiger partial charge on any atom is -0.398 e. The first-order valence-electron chi connectivity index (χ1n) is 12.4. The number of nitrogens with zero attached hydrogens (tertiary/aromatic N) is 3. The zero-order valence-corrected chi connectivity index (χ0v) is 22.5. The lowest BCUT2D eigenvalue weighted by molar-refractivity contribution is -0.116. The van der Waals surface area contributed by atoms with E-state index in [4.69, 9.17) is 16.1 Å². The number of fused-ring (bicyclic) bond motifs is 1. The molecule has 1 amide bonds. The minimum atomic E-state index is -0.0671. The zero-order chi connectivity index (χ0) is 27.7. The van der Waals surface area contributed by atoms with Crippen molar-refractivity contribution in [3.05, 3.63) is 77.5 Å². The molecule has 0 saturated carbocycles. The Bertz CT molecular complexity index is 1730. The van der Waals surface area contributed by atoms with Crippen LogP contribution in [0.4, 0.5) is 11.4 Å². The summed E-state index contributed by atoms with van der Waals surface area (Å²) < 4.78 is 0. The van der Waals surface area contributed by atoms with Gasteiger partial charge >= 0.3 is 0 Å². The van der Waals surface area contributed by atoms with Crippen LogP contribution in [0.5, 0.6) is 0 Å². The molecule has 0 radical (unpaired) electrons. The first-order valence-corrected chi connectivity index (χ1v) is 13.2. The van der Waals surface area contributed by atoms with Crippen molar-refractivity contribution in [3.8, 4) is 21.6 Å². The van der Waals surface area contributed by atoms with Gasteiger partial charge in [0.25, 0.3) is 0 Å². The normalized spacial score (nSPS) is 11.2. The number of thiophene rings is 1. The van der Waals surface area contributed by atoms with E-state index in [-0.39, 0.29) is 23.3 Å². The maximum Gasteiger partial charge on any atom is 0.224 e. The van der Waals surface area contributed by atoms with Crippen molar-refractivity contribution in [2.45, 2.75) is 27.2 Å². The summed E-state index contributed by atoms with van der Waals surface area (Å²) in [5.74, 6) is 0.534. The number of carbonyl (C=O) groups is 2.